The molecule has 2 unspecified atom stereocenters. The van der Waals surface area contributed by atoms with Crippen molar-refractivity contribution in [3.8, 4) is 0 Å². The van der Waals surface area contributed by atoms with E-state index in [0.717, 1.165) is 42.2 Å². The first-order valence-electron chi connectivity index (χ1n) is 8.00. The summed E-state index contributed by atoms with van der Waals surface area (Å²) in [5.74, 6) is 0. The van der Waals surface area contributed by atoms with Crippen molar-refractivity contribution in [2.45, 2.75) is 65.5 Å². The zero-order valence-corrected chi connectivity index (χ0v) is 15.0. The van der Waals surface area contributed by atoms with Crippen molar-refractivity contribution in [1.82, 2.24) is 15.1 Å². The Morgan fingerprint density at radius 2 is 2.00 bits per heavy atom. The molecule has 0 aromatic carbocycles. The summed E-state index contributed by atoms with van der Waals surface area (Å²) < 4.78 is 7.95. The summed E-state index contributed by atoms with van der Waals surface area (Å²) in [7, 11) is 1.97. The first kappa shape index (κ1) is 18.5. The van der Waals surface area contributed by atoms with E-state index < -0.39 is 0 Å². The van der Waals surface area contributed by atoms with E-state index in [1.807, 2.05) is 18.7 Å². The predicted molar refractivity (Wildman–Crippen MR) is 89.1 cm³/mol. The number of halogens is 1. The van der Waals surface area contributed by atoms with Gasteiger partial charge in [0.2, 0.25) is 0 Å². The average molecular weight is 316 g/mol. The van der Waals surface area contributed by atoms with Crippen LogP contribution in [-0.2, 0) is 24.6 Å². The molecule has 0 aliphatic carbocycles. The summed E-state index contributed by atoms with van der Waals surface area (Å²) >= 11 is 6.49. The van der Waals surface area contributed by atoms with Gasteiger partial charge in [0, 0.05) is 26.1 Å². The zero-order valence-electron chi connectivity index (χ0n) is 14.3. The van der Waals surface area contributed by atoms with Crippen molar-refractivity contribution in [1.29, 1.82) is 0 Å². The number of aromatic nitrogens is 2. The van der Waals surface area contributed by atoms with E-state index in [1.165, 1.54) is 0 Å². The third kappa shape index (κ3) is 4.21. The molecule has 0 aliphatic heterocycles. The lowest BCUT2D eigenvalue weighted by Crippen LogP contribution is -2.51. The predicted octanol–water partition coefficient (Wildman–Crippen LogP) is 3.36. The van der Waals surface area contributed by atoms with Crippen LogP contribution >= 0.6 is 11.6 Å². The molecular weight excluding hydrogens is 286 g/mol. The number of ether oxygens (including phenoxy) is 1. The highest BCUT2D eigenvalue weighted by Crippen LogP contribution is 2.27. The van der Waals surface area contributed by atoms with Gasteiger partial charge in [-0.1, -0.05) is 32.4 Å². The Labute approximate surface area is 134 Å². The fraction of sp³-hybridized carbons (Fsp3) is 0.812. The SMILES string of the molecule is CCNC(Cc1c(Cl)c(CC)nn1C)C(C)(CC)OCC. The summed E-state index contributed by atoms with van der Waals surface area (Å²) in [6.45, 7) is 12.2. The van der Waals surface area contributed by atoms with E-state index >= 15 is 0 Å². The van der Waals surface area contributed by atoms with Crippen molar-refractivity contribution in [2.75, 3.05) is 13.2 Å². The van der Waals surface area contributed by atoms with Gasteiger partial charge in [-0.25, -0.2) is 0 Å². The van der Waals surface area contributed by atoms with Gasteiger partial charge in [-0.2, -0.15) is 5.10 Å². The lowest BCUT2D eigenvalue weighted by atomic mass is 9.89. The Kier molecular flexibility index (Phi) is 7.17. The van der Waals surface area contributed by atoms with Crippen molar-refractivity contribution in [2.24, 2.45) is 7.05 Å². The molecule has 0 amide bonds. The van der Waals surface area contributed by atoms with Gasteiger partial charge in [0.15, 0.2) is 0 Å². The van der Waals surface area contributed by atoms with Gasteiger partial charge in [0.05, 0.1) is 22.0 Å². The van der Waals surface area contributed by atoms with Crippen LogP contribution in [0.3, 0.4) is 0 Å². The second-order valence-corrected chi connectivity index (χ2v) is 5.98. The number of hydrogen-bond acceptors (Lipinski definition) is 3. The number of likely N-dealkylation sites (N-methyl/N-ethyl adjacent to an activating group) is 1. The second-order valence-electron chi connectivity index (χ2n) is 5.60. The first-order chi connectivity index (χ1) is 9.93. The number of hydrogen-bond donors (Lipinski definition) is 1. The topological polar surface area (TPSA) is 39.1 Å². The van der Waals surface area contributed by atoms with Crippen molar-refractivity contribution < 1.29 is 4.74 Å². The third-order valence-electron chi connectivity index (χ3n) is 4.26. The van der Waals surface area contributed by atoms with Crippen molar-refractivity contribution in [3.63, 3.8) is 0 Å². The van der Waals surface area contributed by atoms with Crippen LogP contribution in [0.1, 0.15) is 52.4 Å². The van der Waals surface area contributed by atoms with Crippen molar-refractivity contribution >= 4 is 11.6 Å². The molecular formula is C16H30ClN3O. The van der Waals surface area contributed by atoms with E-state index in [4.69, 9.17) is 16.3 Å². The van der Waals surface area contributed by atoms with Gasteiger partial charge in [0.1, 0.15) is 0 Å². The maximum absolute atomic E-state index is 6.49. The minimum absolute atomic E-state index is 0.204. The van der Waals surface area contributed by atoms with Crippen LogP contribution in [0.4, 0.5) is 0 Å². The van der Waals surface area contributed by atoms with Gasteiger partial charge in [-0.15, -0.1) is 0 Å². The van der Waals surface area contributed by atoms with Crippen LogP contribution in [-0.4, -0.2) is 34.6 Å². The maximum atomic E-state index is 6.49. The summed E-state index contributed by atoms with van der Waals surface area (Å²) in [5, 5.41) is 8.88. The molecule has 0 saturated carbocycles. The minimum atomic E-state index is -0.204. The smallest absolute Gasteiger partial charge is 0.0850 e. The molecule has 0 spiro atoms. The highest BCUT2D eigenvalue weighted by atomic mass is 35.5. The molecule has 0 saturated heterocycles. The van der Waals surface area contributed by atoms with E-state index in [0.29, 0.717) is 6.61 Å². The normalized spacial score (nSPS) is 16.0. The molecule has 1 aromatic rings. The standard InChI is InChI=1S/C16H30ClN3O/c1-7-12-15(17)13(20(6)19-12)11-14(18-9-3)16(5,8-2)21-10-4/h14,18H,7-11H2,1-6H3. The maximum Gasteiger partial charge on any atom is 0.0850 e. The van der Waals surface area contributed by atoms with E-state index in [-0.39, 0.29) is 11.6 Å². The monoisotopic (exact) mass is 315 g/mol. The Hall–Kier alpha value is -0.580. The largest absolute Gasteiger partial charge is 0.374 e. The van der Waals surface area contributed by atoms with Gasteiger partial charge in [0.25, 0.3) is 0 Å². The molecule has 4 nitrogen and oxygen atoms in total. The van der Waals surface area contributed by atoms with E-state index in [2.05, 4.69) is 38.1 Å². The van der Waals surface area contributed by atoms with E-state index in [9.17, 15) is 0 Å². The third-order valence-corrected chi connectivity index (χ3v) is 4.70. The van der Waals surface area contributed by atoms with Gasteiger partial charge < -0.3 is 10.1 Å². The van der Waals surface area contributed by atoms with Crippen LogP contribution in [0, 0.1) is 0 Å². The lowest BCUT2D eigenvalue weighted by molar-refractivity contribution is -0.0550. The molecule has 0 bridgehead atoms. The summed E-state index contributed by atoms with van der Waals surface area (Å²) in [5.41, 5.74) is 1.85. The van der Waals surface area contributed by atoms with Gasteiger partial charge in [-0.3, -0.25) is 4.68 Å². The molecule has 21 heavy (non-hydrogen) atoms. The minimum Gasteiger partial charge on any atom is -0.374 e. The van der Waals surface area contributed by atoms with Crippen LogP contribution in [0.15, 0.2) is 0 Å². The molecule has 1 heterocycles. The number of nitrogens with zero attached hydrogens (tertiary/aromatic N) is 2. The summed E-state index contributed by atoms with van der Waals surface area (Å²) in [4.78, 5) is 0. The highest BCUT2D eigenvalue weighted by Gasteiger charge is 2.34. The fourth-order valence-electron chi connectivity index (χ4n) is 2.76. The molecule has 1 N–H and O–H groups in total. The molecule has 5 heteroatoms. The molecule has 2 atom stereocenters. The zero-order chi connectivity index (χ0) is 16.0. The second kappa shape index (κ2) is 8.16. The summed E-state index contributed by atoms with van der Waals surface area (Å²) in [6, 6.07) is 0.213. The summed E-state index contributed by atoms with van der Waals surface area (Å²) in [6.07, 6.45) is 2.63. The molecule has 0 aliphatic rings. The van der Waals surface area contributed by atoms with Crippen LogP contribution in [0.2, 0.25) is 5.02 Å². The molecule has 0 radical (unpaired) electrons. The van der Waals surface area contributed by atoms with Crippen LogP contribution in [0.5, 0.6) is 0 Å². The van der Waals surface area contributed by atoms with E-state index in [1.54, 1.807) is 0 Å². The number of nitrogens with one attached hydrogen (secondary N) is 1. The highest BCUT2D eigenvalue weighted by molar-refractivity contribution is 6.31. The van der Waals surface area contributed by atoms with Crippen LogP contribution < -0.4 is 5.32 Å². The Balaban J connectivity index is 3.05. The molecule has 0 fully saturated rings. The fourth-order valence-corrected chi connectivity index (χ4v) is 3.13. The quantitative estimate of drug-likeness (QED) is 0.759. The first-order valence-corrected chi connectivity index (χ1v) is 8.38. The number of rotatable bonds is 9. The Morgan fingerprint density at radius 1 is 1.33 bits per heavy atom. The Bertz CT molecular complexity index is 447. The van der Waals surface area contributed by atoms with Crippen molar-refractivity contribution in [3.05, 3.63) is 16.4 Å². The van der Waals surface area contributed by atoms with Gasteiger partial charge >= 0.3 is 0 Å². The van der Waals surface area contributed by atoms with Gasteiger partial charge in [-0.05, 0) is 33.2 Å². The molecule has 1 aromatic heterocycles. The molecule has 1 rings (SSSR count). The lowest BCUT2D eigenvalue weighted by Gasteiger charge is -2.37. The molecule has 122 valence electrons. The number of aryl methyl sites for hydroxylation is 2. The van der Waals surface area contributed by atoms with Crippen LogP contribution in [0.25, 0.3) is 0 Å². The average Bonchev–Trinajstić information content (AvgIpc) is 2.74. The Morgan fingerprint density at radius 3 is 2.43 bits per heavy atom.